The molecule has 7 heteroatoms. The molecular weight excluding hydrogens is 380 g/mol. The van der Waals surface area contributed by atoms with E-state index in [4.69, 9.17) is 21.1 Å². The van der Waals surface area contributed by atoms with Crippen LogP contribution in [0.5, 0.6) is 11.5 Å². The minimum atomic E-state index is -0.481. The summed E-state index contributed by atoms with van der Waals surface area (Å²) < 4.78 is 11.4. The number of carbonyl (C=O) groups is 2. The number of ether oxygens (including phenoxy) is 2. The molecule has 0 aromatic heterocycles. The number of fused-ring (bicyclic) bond motifs is 5. The first-order valence-corrected chi connectivity index (χ1v) is 9.74. The standard InChI is InChI=1S/C21H23ClN2O4/c1-21(2,3)28-18-13(8-14(22)9-15(18)27-4)10-23-24-19(25)16-11-5-6-12(7-11)17(16)20(24)26/h5-6,8-12,16-17H,7H2,1-4H3/t11-,12-,16-,17+/m0/s1. The van der Waals surface area contributed by atoms with Crippen molar-refractivity contribution in [2.24, 2.45) is 28.8 Å². The molecule has 0 radical (unpaired) electrons. The van der Waals surface area contributed by atoms with Gasteiger partial charge in [0, 0.05) is 16.7 Å². The van der Waals surface area contributed by atoms with E-state index in [0.717, 1.165) is 11.4 Å². The van der Waals surface area contributed by atoms with Crippen molar-refractivity contribution in [1.82, 2.24) is 5.01 Å². The number of hydrogen-bond donors (Lipinski definition) is 0. The Morgan fingerprint density at radius 1 is 1.14 bits per heavy atom. The van der Waals surface area contributed by atoms with E-state index in [-0.39, 0.29) is 35.5 Å². The molecule has 4 atom stereocenters. The van der Waals surface area contributed by atoms with Crippen LogP contribution in [0.4, 0.5) is 0 Å². The monoisotopic (exact) mass is 402 g/mol. The first kappa shape index (κ1) is 19.0. The van der Waals surface area contributed by atoms with Crippen LogP contribution in [0.3, 0.4) is 0 Å². The Morgan fingerprint density at radius 2 is 1.75 bits per heavy atom. The zero-order valence-corrected chi connectivity index (χ0v) is 17.1. The number of benzene rings is 1. The Kier molecular flexibility index (Phi) is 4.49. The van der Waals surface area contributed by atoms with E-state index in [1.807, 2.05) is 20.8 Å². The van der Waals surface area contributed by atoms with Gasteiger partial charge < -0.3 is 9.47 Å². The summed E-state index contributed by atoms with van der Waals surface area (Å²) in [6.45, 7) is 5.75. The van der Waals surface area contributed by atoms with E-state index >= 15 is 0 Å². The highest BCUT2D eigenvalue weighted by Gasteiger charge is 2.59. The van der Waals surface area contributed by atoms with E-state index in [1.54, 1.807) is 12.1 Å². The van der Waals surface area contributed by atoms with Crippen LogP contribution in [0.15, 0.2) is 29.4 Å². The van der Waals surface area contributed by atoms with E-state index in [9.17, 15) is 9.59 Å². The highest BCUT2D eigenvalue weighted by atomic mass is 35.5. The third-order valence-corrected chi connectivity index (χ3v) is 5.65. The van der Waals surface area contributed by atoms with Crippen LogP contribution in [-0.4, -0.2) is 35.7 Å². The quantitative estimate of drug-likeness (QED) is 0.438. The maximum Gasteiger partial charge on any atom is 0.254 e. The third-order valence-electron chi connectivity index (χ3n) is 5.44. The molecule has 4 rings (SSSR count). The topological polar surface area (TPSA) is 68.2 Å². The number of methoxy groups -OCH3 is 1. The molecule has 3 aliphatic rings. The summed E-state index contributed by atoms with van der Waals surface area (Å²) in [7, 11) is 1.53. The van der Waals surface area contributed by atoms with Crippen LogP contribution in [0.2, 0.25) is 5.02 Å². The molecule has 148 valence electrons. The second kappa shape index (κ2) is 6.62. The molecule has 1 saturated carbocycles. The number of nitrogens with zero attached hydrogens (tertiary/aromatic N) is 2. The molecule has 2 fully saturated rings. The molecule has 2 amide bonds. The van der Waals surface area contributed by atoms with Gasteiger partial charge in [0.05, 0.1) is 25.2 Å². The average Bonchev–Trinajstić information content (AvgIpc) is 3.28. The molecule has 1 heterocycles. The number of imide groups is 1. The summed E-state index contributed by atoms with van der Waals surface area (Å²) in [4.78, 5) is 25.6. The predicted octanol–water partition coefficient (Wildman–Crippen LogP) is 3.67. The fraction of sp³-hybridized carbons (Fsp3) is 0.476. The fourth-order valence-corrected chi connectivity index (χ4v) is 4.59. The molecule has 1 saturated heterocycles. The first-order chi connectivity index (χ1) is 13.2. The minimum Gasteiger partial charge on any atom is -0.493 e. The van der Waals surface area contributed by atoms with Crippen molar-refractivity contribution in [3.63, 3.8) is 0 Å². The zero-order chi connectivity index (χ0) is 20.2. The number of allylic oxidation sites excluding steroid dienone is 2. The van der Waals surface area contributed by atoms with Gasteiger partial charge in [-0.1, -0.05) is 23.8 Å². The smallest absolute Gasteiger partial charge is 0.254 e. The maximum atomic E-state index is 12.8. The number of hydrogen-bond acceptors (Lipinski definition) is 5. The van der Waals surface area contributed by atoms with Crippen molar-refractivity contribution < 1.29 is 19.1 Å². The SMILES string of the molecule is COc1cc(Cl)cc(C=NN2C(=O)[C@@H]3[C@H](C2=O)[C@H]2C=C[C@H]3C2)c1OC(C)(C)C. The number of hydrazone groups is 1. The summed E-state index contributed by atoms with van der Waals surface area (Å²) >= 11 is 6.20. The van der Waals surface area contributed by atoms with Crippen molar-refractivity contribution in [3.05, 3.63) is 34.9 Å². The number of rotatable bonds is 4. The molecule has 1 aliphatic heterocycles. The third kappa shape index (κ3) is 3.09. The van der Waals surface area contributed by atoms with Crippen molar-refractivity contribution in [3.8, 4) is 11.5 Å². The van der Waals surface area contributed by atoms with Gasteiger partial charge >= 0.3 is 0 Å². The number of halogens is 1. The molecule has 0 N–H and O–H groups in total. The van der Waals surface area contributed by atoms with Gasteiger partial charge in [0.2, 0.25) is 0 Å². The second-order valence-corrected chi connectivity index (χ2v) is 8.91. The molecule has 2 aliphatic carbocycles. The van der Waals surface area contributed by atoms with Crippen molar-refractivity contribution in [2.75, 3.05) is 7.11 Å². The van der Waals surface area contributed by atoms with Gasteiger partial charge in [-0.15, -0.1) is 0 Å². The summed E-state index contributed by atoms with van der Waals surface area (Å²) in [6.07, 6.45) is 6.45. The van der Waals surface area contributed by atoms with Crippen molar-refractivity contribution in [1.29, 1.82) is 0 Å². The van der Waals surface area contributed by atoms with Gasteiger partial charge in [-0.05, 0) is 45.1 Å². The number of carbonyl (C=O) groups excluding carboxylic acids is 2. The van der Waals surface area contributed by atoms with Gasteiger partial charge in [-0.3, -0.25) is 9.59 Å². The summed E-state index contributed by atoms with van der Waals surface area (Å²) in [6, 6.07) is 3.33. The van der Waals surface area contributed by atoms with Gasteiger partial charge in [0.15, 0.2) is 11.5 Å². The molecule has 0 spiro atoms. The number of amides is 2. The molecule has 2 bridgehead atoms. The van der Waals surface area contributed by atoms with Crippen LogP contribution in [0.1, 0.15) is 32.8 Å². The highest BCUT2D eigenvalue weighted by molar-refractivity contribution is 6.31. The predicted molar refractivity (Wildman–Crippen MR) is 106 cm³/mol. The van der Waals surface area contributed by atoms with Crippen LogP contribution in [-0.2, 0) is 9.59 Å². The molecule has 28 heavy (non-hydrogen) atoms. The molecule has 1 aromatic rings. The normalized spacial score (nSPS) is 28.5. The van der Waals surface area contributed by atoms with E-state index < -0.39 is 5.60 Å². The molecule has 6 nitrogen and oxygen atoms in total. The van der Waals surface area contributed by atoms with Crippen LogP contribution >= 0.6 is 11.6 Å². The lowest BCUT2D eigenvalue weighted by molar-refractivity contribution is -0.140. The second-order valence-electron chi connectivity index (χ2n) is 8.47. The Morgan fingerprint density at radius 3 is 2.29 bits per heavy atom. The lowest BCUT2D eigenvalue weighted by Crippen LogP contribution is -2.28. The van der Waals surface area contributed by atoms with Gasteiger partial charge in [0.1, 0.15) is 5.60 Å². The largest absolute Gasteiger partial charge is 0.493 e. The Hall–Kier alpha value is -2.34. The Bertz CT molecular complexity index is 872. The van der Waals surface area contributed by atoms with E-state index in [0.29, 0.717) is 22.1 Å². The summed E-state index contributed by atoms with van der Waals surface area (Å²) in [5.74, 6) is 0.213. The Labute approximate surface area is 169 Å². The van der Waals surface area contributed by atoms with Crippen LogP contribution in [0, 0.1) is 23.7 Å². The highest BCUT2D eigenvalue weighted by Crippen LogP contribution is 2.52. The summed E-state index contributed by atoms with van der Waals surface area (Å²) in [5, 5.41) is 5.68. The molecule has 0 unspecified atom stereocenters. The Balaban J connectivity index is 1.66. The van der Waals surface area contributed by atoms with Gasteiger partial charge in [-0.2, -0.15) is 10.1 Å². The van der Waals surface area contributed by atoms with Gasteiger partial charge in [-0.25, -0.2) is 0 Å². The molecule has 1 aromatic carbocycles. The zero-order valence-electron chi connectivity index (χ0n) is 16.3. The van der Waals surface area contributed by atoms with E-state index in [2.05, 4.69) is 17.3 Å². The first-order valence-electron chi connectivity index (χ1n) is 9.36. The fourth-order valence-electron chi connectivity index (χ4n) is 4.37. The van der Waals surface area contributed by atoms with Crippen LogP contribution in [0.25, 0.3) is 0 Å². The molecular formula is C21H23ClN2O4. The van der Waals surface area contributed by atoms with Gasteiger partial charge in [0.25, 0.3) is 11.8 Å². The maximum absolute atomic E-state index is 12.8. The van der Waals surface area contributed by atoms with E-state index in [1.165, 1.54) is 13.3 Å². The summed E-state index contributed by atoms with van der Waals surface area (Å²) in [5.41, 5.74) is 0.0586. The minimum absolute atomic E-state index is 0.151. The van der Waals surface area contributed by atoms with Crippen molar-refractivity contribution in [2.45, 2.75) is 32.8 Å². The van der Waals surface area contributed by atoms with Crippen molar-refractivity contribution >= 4 is 29.6 Å². The lowest BCUT2D eigenvalue weighted by Gasteiger charge is -2.24. The lowest BCUT2D eigenvalue weighted by atomic mass is 9.85. The average molecular weight is 403 g/mol. The van der Waals surface area contributed by atoms with Crippen LogP contribution < -0.4 is 9.47 Å².